The van der Waals surface area contributed by atoms with E-state index in [1.54, 1.807) is 0 Å². The number of nitrogens with one attached hydrogen (secondary N) is 2. The van der Waals surface area contributed by atoms with Crippen LogP contribution in [0.2, 0.25) is 0 Å². The lowest BCUT2D eigenvalue weighted by molar-refractivity contribution is -0.142. The standard InChI is InChI=1S/C14H16N4O6.C4H11NO/c1-7-3-17(13(23)15-10(7)19)5-9(12(21)22)6-18-4-8(2)11(20)16-14(18)24;1-5(2)3-4-6/h3-4,9H,5-6H2,1-2H3,(H,21,22)(H,15,19,23)(H,16,20,24);6H,3-4H2,1-2H3. The number of hydrogen-bond donors (Lipinski definition) is 4. The quantitative estimate of drug-likeness (QED) is 0.392. The third kappa shape index (κ3) is 7.29. The number of aromatic amines is 2. The van der Waals surface area contributed by atoms with Gasteiger partial charge in [0.25, 0.3) is 11.1 Å². The predicted octanol–water partition coefficient (Wildman–Crippen LogP) is -2.06. The lowest BCUT2D eigenvalue weighted by Gasteiger charge is -2.15. The molecule has 2 rings (SSSR count). The monoisotopic (exact) mass is 425 g/mol. The molecule has 0 aliphatic rings. The lowest BCUT2D eigenvalue weighted by Crippen LogP contribution is -2.38. The molecule has 4 N–H and O–H groups in total. The van der Waals surface area contributed by atoms with Gasteiger partial charge in [-0.1, -0.05) is 0 Å². The molecule has 0 radical (unpaired) electrons. The molecule has 2 aromatic rings. The number of carboxylic acid groups (broad SMARTS) is 1. The fourth-order valence-electron chi connectivity index (χ4n) is 2.40. The number of nitrogens with zero attached hydrogens (tertiary/aromatic N) is 3. The second-order valence-corrected chi connectivity index (χ2v) is 7.01. The molecule has 0 spiro atoms. The van der Waals surface area contributed by atoms with E-state index in [2.05, 4.69) is 9.97 Å². The SMILES string of the molecule is CN(C)CCO.Cc1cn(CC(Cn2cc(C)c(=O)[nH]c2=O)C(=O)O)c(=O)[nH]c1=O. The smallest absolute Gasteiger partial charge is 0.328 e. The molecule has 0 unspecified atom stereocenters. The molecule has 0 atom stereocenters. The Balaban J connectivity index is 0.000000656. The Morgan fingerprint density at radius 3 is 1.63 bits per heavy atom. The molecule has 166 valence electrons. The molecular formula is C18H27N5O7. The fraction of sp³-hybridized carbons (Fsp3) is 0.500. The molecule has 12 heteroatoms. The van der Waals surface area contributed by atoms with E-state index in [-0.39, 0.29) is 30.8 Å². The summed E-state index contributed by atoms with van der Waals surface area (Å²) < 4.78 is 2.14. The first-order valence-corrected chi connectivity index (χ1v) is 9.05. The number of aryl methyl sites for hydroxylation is 2. The number of H-pyrrole nitrogens is 2. The molecule has 0 fully saturated rings. The van der Waals surface area contributed by atoms with Crippen molar-refractivity contribution >= 4 is 5.97 Å². The van der Waals surface area contributed by atoms with Gasteiger partial charge >= 0.3 is 17.3 Å². The maximum Gasteiger partial charge on any atom is 0.328 e. The van der Waals surface area contributed by atoms with E-state index >= 15 is 0 Å². The minimum Gasteiger partial charge on any atom is -0.481 e. The zero-order valence-electron chi connectivity index (χ0n) is 17.3. The van der Waals surface area contributed by atoms with Gasteiger partial charge in [0.2, 0.25) is 0 Å². The van der Waals surface area contributed by atoms with E-state index in [9.17, 15) is 29.1 Å². The minimum atomic E-state index is -1.22. The van der Waals surface area contributed by atoms with Crippen molar-refractivity contribution in [2.45, 2.75) is 26.9 Å². The predicted molar refractivity (Wildman–Crippen MR) is 109 cm³/mol. The summed E-state index contributed by atoms with van der Waals surface area (Å²) in [4.78, 5) is 63.8. The van der Waals surface area contributed by atoms with Crippen LogP contribution >= 0.6 is 0 Å². The summed E-state index contributed by atoms with van der Waals surface area (Å²) in [6, 6.07) is 0. The number of likely N-dealkylation sites (N-methyl/N-ethyl adjacent to an activating group) is 1. The van der Waals surface area contributed by atoms with Crippen molar-refractivity contribution in [2.75, 3.05) is 27.2 Å². The van der Waals surface area contributed by atoms with Crippen LogP contribution in [0, 0.1) is 19.8 Å². The molecule has 12 nitrogen and oxygen atoms in total. The fourth-order valence-corrected chi connectivity index (χ4v) is 2.40. The van der Waals surface area contributed by atoms with Gasteiger partial charge in [0.05, 0.1) is 12.5 Å². The second-order valence-electron chi connectivity index (χ2n) is 7.01. The molecule has 0 bridgehead atoms. The second kappa shape index (κ2) is 11.1. The first kappa shape index (κ1) is 24.8. The number of rotatable bonds is 7. The molecular weight excluding hydrogens is 398 g/mol. The van der Waals surface area contributed by atoms with Gasteiger partial charge in [0.1, 0.15) is 0 Å². The molecule has 2 aromatic heterocycles. The summed E-state index contributed by atoms with van der Waals surface area (Å²) in [6.07, 6.45) is 2.52. The summed E-state index contributed by atoms with van der Waals surface area (Å²) in [5, 5.41) is 17.5. The average Bonchev–Trinajstić information content (AvgIpc) is 2.63. The van der Waals surface area contributed by atoms with Gasteiger partial charge in [0.15, 0.2) is 0 Å². The van der Waals surface area contributed by atoms with E-state index in [1.807, 2.05) is 19.0 Å². The van der Waals surface area contributed by atoms with Gasteiger partial charge in [0, 0.05) is 43.2 Å². The van der Waals surface area contributed by atoms with Crippen LogP contribution in [0.1, 0.15) is 11.1 Å². The lowest BCUT2D eigenvalue weighted by atomic mass is 10.1. The van der Waals surface area contributed by atoms with Crippen LogP contribution in [0.3, 0.4) is 0 Å². The van der Waals surface area contributed by atoms with Gasteiger partial charge in [-0.3, -0.25) is 33.5 Å². The summed E-state index contributed by atoms with van der Waals surface area (Å²) in [6.45, 7) is 3.51. The Bertz CT molecular complexity index is 1020. The number of hydrogen-bond acceptors (Lipinski definition) is 7. The molecule has 30 heavy (non-hydrogen) atoms. The van der Waals surface area contributed by atoms with Gasteiger partial charge in [-0.2, -0.15) is 0 Å². The number of aromatic nitrogens is 4. The maximum atomic E-state index is 11.8. The Morgan fingerprint density at radius 1 is 0.967 bits per heavy atom. The van der Waals surface area contributed by atoms with Gasteiger partial charge < -0.3 is 15.1 Å². The van der Waals surface area contributed by atoms with E-state index in [0.717, 1.165) is 15.7 Å². The van der Waals surface area contributed by atoms with Crippen LogP contribution in [0.5, 0.6) is 0 Å². The van der Waals surface area contributed by atoms with Crippen molar-refractivity contribution < 1.29 is 15.0 Å². The first-order valence-electron chi connectivity index (χ1n) is 9.05. The van der Waals surface area contributed by atoms with E-state index < -0.39 is 34.4 Å². The molecule has 0 aromatic carbocycles. The van der Waals surface area contributed by atoms with Gasteiger partial charge in [-0.05, 0) is 27.9 Å². The van der Waals surface area contributed by atoms with Crippen molar-refractivity contribution in [3.8, 4) is 0 Å². The van der Waals surface area contributed by atoms with Crippen LogP contribution in [0.25, 0.3) is 0 Å². The number of aliphatic hydroxyl groups is 1. The minimum absolute atomic E-state index is 0.240. The highest BCUT2D eigenvalue weighted by molar-refractivity contribution is 5.69. The number of aliphatic carboxylic acids is 1. The Labute approximate surface area is 171 Å². The molecule has 0 aliphatic carbocycles. The number of carbonyl (C=O) groups is 1. The van der Waals surface area contributed by atoms with Crippen molar-refractivity contribution in [1.29, 1.82) is 0 Å². The summed E-state index contributed by atoms with van der Waals surface area (Å²) >= 11 is 0. The number of aliphatic hydroxyl groups excluding tert-OH is 1. The summed E-state index contributed by atoms with van der Waals surface area (Å²) in [5.41, 5.74) is -2.04. The highest BCUT2D eigenvalue weighted by Crippen LogP contribution is 2.04. The molecule has 0 saturated carbocycles. The first-order chi connectivity index (χ1) is 14.0. The van der Waals surface area contributed by atoms with Crippen molar-refractivity contribution in [3.63, 3.8) is 0 Å². The largest absolute Gasteiger partial charge is 0.481 e. The van der Waals surface area contributed by atoms with Crippen LogP contribution in [-0.2, 0) is 17.9 Å². The number of carboxylic acids is 1. The van der Waals surface area contributed by atoms with Crippen LogP contribution in [-0.4, -0.2) is 67.4 Å². The third-order valence-corrected chi connectivity index (χ3v) is 4.11. The summed E-state index contributed by atoms with van der Waals surface area (Å²) in [5.74, 6) is -2.34. The Kier molecular flexibility index (Phi) is 9.15. The van der Waals surface area contributed by atoms with Crippen LogP contribution in [0.15, 0.2) is 31.6 Å². The highest BCUT2D eigenvalue weighted by atomic mass is 16.4. The van der Waals surface area contributed by atoms with Crippen molar-refractivity contribution in [3.05, 3.63) is 65.2 Å². The van der Waals surface area contributed by atoms with Crippen LogP contribution in [0.4, 0.5) is 0 Å². The Morgan fingerprint density at radius 2 is 1.37 bits per heavy atom. The third-order valence-electron chi connectivity index (χ3n) is 4.11. The zero-order valence-corrected chi connectivity index (χ0v) is 17.3. The summed E-state index contributed by atoms with van der Waals surface area (Å²) in [7, 11) is 3.85. The van der Waals surface area contributed by atoms with E-state index in [4.69, 9.17) is 5.11 Å². The highest BCUT2D eigenvalue weighted by Gasteiger charge is 2.21. The topological polar surface area (TPSA) is 170 Å². The zero-order chi connectivity index (χ0) is 23.0. The molecule has 0 aliphatic heterocycles. The van der Waals surface area contributed by atoms with Crippen molar-refractivity contribution in [1.82, 2.24) is 24.0 Å². The van der Waals surface area contributed by atoms with E-state index in [0.29, 0.717) is 0 Å². The van der Waals surface area contributed by atoms with E-state index in [1.165, 1.54) is 26.2 Å². The maximum absolute atomic E-state index is 11.8. The normalized spacial score (nSPS) is 10.8. The van der Waals surface area contributed by atoms with Gasteiger partial charge in [-0.15, -0.1) is 0 Å². The average molecular weight is 425 g/mol. The molecule has 0 saturated heterocycles. The molecule has 0 amide bonds. The molecule has 2 heterocycles. The Hall–Kier alpha value is -3.25. The van der Waals surface area contributed by atoms with Gasteiger partial charge in [-0.25, -0.2) is 9.59 Å². The van der Waals surface area contributed by atoms with Crippen LogP contribution < -0.4 is 22.5 Å². The van der Waals surface area contributed by atoms with Crippen molar-refractivity contribution in [2.24, 2.45) is 5.92 Å².